The Morgan fingerprint density at radius 3 is 2.71 bits per heavy atom. The highest BCUT2D eigenvalue weighted by atomic mass is 19.1. The minimum absolute atomic E-state index is 0.0500. The molecule has 0 saturated carbocycles. The first-order chi connectivity index (χ1) is 10.1. The molecule has 0 fully saturated rings. The van der Waals surface area contributed by atoms with Crippen molar-refractivity contribution in [1.29, 1.82) is 0 Å². The van der Waals surface area contributed by atoms with Gasteiger partial charge in [-0.2, -0.15) is 0 Å². The van der Waals surface area contributed by atoms with Crippen LogP contribution in [0.1, 0.15) is 35.4 Å². The number of aromatic nitrogens is 1. The predicted octanol–water partition coefficient (Wildman–Crippen LogP) is 2.46. The Morgan fingerprint density at radius 1 is 1.33 bits per heavy atom. The first kappa shape index (κ1) is 15.1. The molecule has 2 unspecified atom stereocenters. The third-order valence-electron chi connectivity index (χ3n) is 3.16. The number of halogens is 1. The van der Waals surface area contributed by atoms with Gasteiger partial charge >= 0.3 is 0 Å². The van der Waals surface area contributed by atoms with Gasteiger partial charge in [-0.3, -0.25) is 9.78 Å². The standard InChI is InChI=1S/C16H17FN2O2/c1-11(9-15(20)12-5-3-2-4-6-12)19-16(21)13-7-8-18-10-14(13)17/h2-8,10-11,15,20H,9H2,1H3,(H,19,21). The number of nitrogens with zero attached hydrogens (tertiary/aromatic N) is 1. The number of aliphatic hydroxyl groups excluding tert-OH is 1. The molecule has 4 nitrogen and oxygen atoms in total. The number of hydrogen-bond donors (Lipinski definition) is 2. The Labute approximate surface area is 122 Å². The highest BCUT2D eigenvalue weighted by Crippen LogP contribution is 2.18. The van der Waals surface area contributed by atoms with E-state index >= 15 is 0 Å². The van der Waals surface area contributed by atoms with Crippen LogP contribution in [-0.2, 0) is 0 Å². The van der Waals surface area contributed by atoms with Gasteiger partial charge in [0.25, 0.3) is 5.91 Å². The molecule has 1 aromatic carbocycles. The van der Waals surface area contributed by atoms with Crippen molar-refractivity contribution in [2.75, 3.05) is 0 Å². The molecule has 0 aliphatic carbocycles. The number of amides is 1. The number of carbonyl (C=O) groups excluding carboxylic acids is 1. The molecular formula is C16H17FN2O2. The molecule has 0 bridgehead atoms. The summed E-state index contributed by atoms with van der Waals surface area (Å²) < 4.78 is 13.4. The summed E-state index contributed by atoms with van der Waals surface area (Å²) in [4.78, 5) is 15.5. The number of carbonyl (C=O) groups is 1. The zero-order valence-corrected chi connectivity index (χ0v) is 11.7. The van der Waals surface area contributed by atoms with Gasteiger partial charge in [-0.25, -0.2) is 4.39 Å². The third kappa shape index (κ3) is 4.10. The highest BCUT2D eigenvalue weighted by Gasteiger charge is 2.17. The van der Waals surface area contributed by atoms with Crippen molar-refractivity contribution in [3.05, 3.63) is 65.7 Å². The molecule has 0 aliphatic rings. The van der Waals surface area contributed by atoms with E-state index in [2.05, 4.69) is 10.3 Å². The summed E-state index contributed by atoms with van der Waals surface area (Å²) in [5.74, 6) is -1.17. The van der Waals surface area contributed by atoms with E-state index in [1.54, 1.807) is 6.92 Å². The zero-order valence-electron chi connectivity index (χ0n) is 11.7. The molecule has 110 valence electrons. The van der Waals surface area contributed by atoms with Gasteiger partial charge in [-0.05, 0) is 25.0 Å². The van der Waals surface area contributed by atoms with E-state index < -0.39 is 17.8 Å². The maximum atomic E-state index is 13.4. The lowest BCUT2D eigenvalue weighted by atomic mass is 10.0. The van der Waals surface area contributed by atoms with Crippen molar-refractivity contribution < 1.29 is 14.3 Å². The van der Waals surface area contributed by atoms with E-state index in [4.69, 9.17) is 0 Å². The van der Waals surface area contributed by atoms with E-state index in [9.17, 15) is 14.3 Å². The van der Waals surface area contributed by atoms with Crippen molar-refractivity contribution in [3.63, 3.8) is 0 Å². The Balaban J connectivity index is 1.94. The molecule has 5 heteroatoms. The number of rotatable bonds is 5. The van der Waals surface area contributed by atoms with Crippen molar-refractivity contribution in [3.8, 4) is 0 Å². The molecule has 0 aliphatic heterocycles. The zero-order chi connectivity index (χ0) is 15.2. The van der Waals surface area contributed by atoms with Crippen molar-refractivity contribution in [2.24, 2.45) is 0 Å². The fraction of sp³-hybridized carbons (Fsp3) is 0.250. The van der Waals surface area contributed by atoms with Gasteiger partial charge in [0.05, 0.1) is 17.9 Å². The molecule has 1 aromatic heterocycles. The van der Waals surface area contributed by atoms with Crippen LogP contribution in [0.25, 0.3) is 0 Å². The summed E-state index contributed by atoms with van der Waals surface area (Å²) in [6.07, 6.45) is 2.03. The van der Waals surface area contributed by atoms with Crippen molar-refractivity contribution >= 4 is 5.91 Å². The van der Waals surface area contributed by atoms with Gasteiger partial charge in [-0.15, -0.1) is 0 Å². The van der Waals surface area contributed by atoms with E-state index in [0.717, 1.165) is 11.8 Å². The van der Waals surface area contributed by atoms with Crippen molar-refractivity contribution in [1.82, 2.24) is 10.3 Å². The fourth-order valence-electron chi connectivity index (χ4n) is 2.07. The number of benzene rings is 1. The van der Waals surface area contributed by atoms with E-state index in [1.807, 2.05) is 30.3 Å². The van der Waals surface area contributed by atoms with E-state index in [0.29, 0.717) is 6.42 Å². The molecule has 0 radical (unpaired) electrons. The van der Waals surface area contributed by atoms with Gasteiger partial charge in [0.2, 0.25) is 0 Å². The largest absolute Gasteiger partial charge is 0.388 e. The summed E-state index contributed by atoms with van der Waals surface area (Å²) in [6, 6.07) is 10.2. The second kappa shape index (κ2) is 6.95. The van der Waals surface area contributed by atoms with E-state index in [-0.39, 0.29) is 11.6 Å². The van der Waals surface area contributed by atoms with Gasteiger partial charge in [-0.1, -0.05) is 30.3 Å². The quantitative estimate of drug-likeness (QED) is 0.888. The average Bonchev–Trinajstić information content (AvgIpc) is 2.48. The second-order valence-corrected chi connectivity index (χ2v) is 4.89. The van der Waals surface area contributed by atoms with Gasteiger partial charge in [0.1, 0.15) is 0 Å². The molecule has 2 aromatic rings. The van der Waals surface area contributed by atoms with Gasteiger partial charge < -0.3 is 10.4 Å². The Morgan fingerprint density at radius 2 is 2.05 bits per heavy atom. The lowest BCUT2D eigenvalue weighted by Gasteiger charge is -2.18. The van der Waals surface area contributed by atoms with Crippen LogP contribution in [0.2, 0.25) is 0 Å². The Bertz CT molecular complexity index is 604. The third-order valence-corrected chi connectivity index (χ3v) is 3.16. The Hall–Kier alpha value is -2.27. The second-order valence-electron chi connectivity index (χ2n) is 4.89. The smallest absolute Gasteiger partial charge is 0.254 e. The molecule has 1 heterocycles. The summed E-state index contributed by atoms with van der Waals surface area (Å²) in [6.45, 7) is 1.77. The van der Waals surface area contributed by atoms with Crippen LogP contribution in [0, 0.1) is 5.82 Å². The maximum Gasteiger partial charge on any atom is 0.254 e. The number of nitrogens with one attached hydrogen (secondary N) is 1. The molecular weight excluding hydrogens is 271 g/mol. The normalized spacial score (nSPS) is 13.5. The lowest BCUT2D eigenvalue weighted by Crippen LogP contribution is -2.34. The van der Waals surface area contributed by atoms with E-state index in [1.165, 1.54) is 12.3 Å². The average molecular weight is 288 g/mol. The van der Waals surface area contributed by atoms with Crippen molar-refractivity contribution in [2.45, 2.75) is 25.5 Å². The first-order valence-electron chi connectivity index (χ1n) is 6.71. The topological polar surface area (TPSA) is 62.2 Å². The fourth-order valence-corrected chi connectivity index (χ4v) is 2.07. The number of aliphatic hydroxyl groups is 1. The summed E-state index contributed by atoms with van der Waals surface area (Å²) in [5, 5.41) is 12.8. The minimum atomic E-state index is -0.677. The molecule has 2 atom stereocenters. The first-order valence-corrected chi connectivity index (χ1v) is 6.71. The number of pyridine rings is 1. The minimum Gasteiger partial charge on any atom is -0.388 e. The SMILES string of the molecule is CC(CC(O)c1ccccc1)NC(=O)c1ccncc1F. The highest BCUT2D eigenvalue weighted by molar-refractivity contribution is 5.94. The lowest BCUT2D eigenvalue weighted by molar-refractivity contribution is 0.0913. The molecule has 2 rings (SSSR count). The van der Waals surface area contributed by atoms with Crippen LogP contribution < -0.4 is 5.32 Å². The Kier molecular flexibility index (Phi) is 5.00. The molecule has 1 amide bonds. The summed E-state index contributed by atoms with van der Waals surface area (Å²) in [7, 11) is 0. The summed E-state index contributed by atoms with van der Waals surface area (Å²) in [5.41, 5.74) is 0.736. The predicted molar refractivity (Wildman–Crippen MR) is 77.1 cm³/mol. The van der Waals surface area contributed by atoms with Crippen LogP contribution in [0.15, 0.2) is 48.8 Å². The number of hydrogen-bond acceptors (Lipinski definition) is 3. The van der Waals surface area contributed by atoms with Crippen LogP contribution >= 0.6 is 0 Å². The summed E-state index contributed by atoms with van der Waals surface area (Å²) >= 11 is 0. The molecule has 0 spiro atoms. The van der Waals surface area contributed by atoms with Crippen LogP contribution in [0.5, 0.6) is 0 Å². The van der Waals surface area contributed by atoms with Crippen LogP contribution in [0.4, 0.5) is 4.39 Å². The van der Waals surface area contributed by atoms with Crippen LogP contribution in [-0.4, -0.2) is 22.0 Å². The monoisotopic (exact) mass is 288 g/mol. The maximum absolute atomic E-state index is 13.4. The van der Waals surface area contributed by atoms with Gasteiger partial charge in [0, 0.05) is 12.2 Å². The van der Waals surface area contributed by atoms with Crippen LogP contribution in [0.3, 0.4) is 0 Å². The molecule has 21 heavy (non-hydrogen) atoms. The molecule has 0 saturated heterocycles. The van der Waals surface area contributed by atoms with Gasteiger partial charge in [0.15, 0.2) is 5.82 Å². The molecule has 2 N–H and O–H groups in total.